The van der Waals surface area contributed by atoms with Crippen molar-refractivity contribution in [1.29, 1.82) is 0 Å². The Labute approximate surface area is 166 Å². The van der Waals surface area contributed by atoms with Gasteiger partial charge >= 0.3 is 0 Å². The molecule has 0 saturated carbocycles. The van der Waals surface area contributed by atoms with Crippen LogP contribution in [0.4, 0.5) is 0 Å². The summed E-state index contributed by atoms with van der Waals surface area (Å²) in [5, 5.41) is 0. The van der Waals surface area contributed by atoms with E-state index in [4.69, 9.17) is 4.74 Å². The van der Waals surface area contributed by atoms with Crippen molar-refractivity contribution >= 4 is 0 Å². The molecule has 4 rings (SSSR count). The van der Waals surface area contributed by atoms with Crippen LogP contribution in [0.1, 0.15) is 24.0 Å². The molecule has 0 unspecified atom stereocenters. The van der Waals surface area contributed by atoms with Gasteiger partial charge in [-0.2, -0.15) is 0 Å². The van der Waals surface area contributed by atoms with Gasteiger partial charge in [0.15, 0.2) is 0 Å². The van der Waals surface area contributed by atoms with Crippen molar-refractivity contribution in [3.05, 3.63) is 94.4 Å². The van der Waals surface area contributed by atoms with Crippen molar-refractivity contribution < 1.29 is 4.74 Å². The molecule has 3 aromatic rings. The van der Waals surface area contributed by atoms with Crippen LogP contribution in [-0.2, 0) is 19.5 Å². The molecular weight excluding hydrogens is 348 g/mol. The van der Waals surface area contributed by atoms with Gasteiger partial charge in [-0.05, 0) is 61.7 Å². The van der Waals surface area contributed by atoms with E-state index >= 15 is 0 Å². The number of aromatic nitrogens is 1. The van der Waals surface area contributed by atoms with Crippen LogP contribution >= 0.6 is 0 Å². The minimum Gasteiger partial charge on any atom is -0.457 e. The second-order valence-corrected chi connectivity index (χ2v) is 7.36. The van der Waals surface area contributed by atoms with Gasteiger partial charge in [-0.1, -0.05) is 42.5 Å². The average Bonchev–Trinajstić information content (AvgIpc) is 3.22. The molecule has 0 aliphatic carbocycles. The molecule has 0 atom stereocenters. The largest absolute Gasteiger partial charge is 0.457 e. The van der Waals surface area contributed by atoms with Gasteiger partial charge in [-0.25, -0.2) is 0 Å². The van der Waals surface area contributed by atoms with Gasteiger partial charge in [0.2, 0.25) is 0 Å². The summed E-state index contributed by atoms with van der Waals surface area (Å²) in [5.41, 5.74) is 2.57. The topological polar surface area (TPSA) is 34.5 Å². The van der Waals surface area contributed by atoms with Crippen LogP contribution in [0.3, 0.4) is 0 Å². The van der Waals surface area contributed by atoms with Gasteiger partial charge in [-0.3, -0.25) is 9.69 Å². The summed E-state index contributed by atoms with van der Waals surface area (Å²) < 4.78 is 7.46. The Hall–Kier alpha value is -2.85. The van der Waals surface area contributed by atoms with E-state index in [0.717, 1.165) is 18.7 Å². The van der Waals surface area contributed by atoms with Crippen LogP contribution in [0.5, 0.6) is 11.5 Å². The standard InChI is InChI=1S/C24H26N2O2/c27-24-18-23(28-22-6-2-1-3-7-22)13-17-26(24)16-12-20-8-10-21(11-9-20)19-25-14-4-5-15-25/h1-3,6-11,13,17-18H,4-5,12,14-16,19H2. The number of likely N-dealkylation sites (tertiary alicyclic amines) is 1. The molecule has 0 spiro atoms. The molecule has 144 valence electrons. The molecule has 0 amide bonds. The molecule has 2 aromatic carbocycles. The fourth-order valence-corrected chi connectivity index (χ4v) is 3.62. The number of aryl methyl sites for hydroxylation is 2. The van der Waals surface area contributed by atoms with Crippen molar-refractivity contribution in [3.63, 3.8) is 0 Å². The zero-order chi connectivity index (χ0) is 19.2. The zero-order valence-corrected chi connectivity index (χ0v) is 16.1. The molecule has 1 aliphatic heterocycles. The molecule has 28 heavy (non-hydrogen) atoms. The third kappa shape index (κ3) is 4.90. The van der Waals surface area contributed by atoms with Gasteiger partial charge in [-0.15, -0.1) is 0 Å². The highest BCUT2D eigenvalue weighted by molar-refractivity contribution is 5.29. The van der Waals surface area contributed by atoms with Crippen molar-refractivity contribution in [1.82, 2.24) is 9.47 Å². The minimum absolute atomic E-state index is 0.0425. The van der Waals surface area contributed by atoms with E-state index in [2.05, 4.69) is 29.2 Å². The van der Waals surface area contributed by atoms with Crippen LogP contribution in [0, 0.1) is 0 Å². The maximum Gasteiger partial charge on any atom is 0.254 e. The van der Waals surface area contributed by atoms with Crippen LogP contribution < -0.4 is 10.3 Å². The SMILES string of the molecule is O=c1cc(Oc2ccccc2)ccn1CCc1ccc(CN2CCCC2)cc1. The van der Waals surface area contributed by atoms with Crippen molar-refractivity contribution in [2.75, 3.05) is 13.1 Å². The predicted molar refractivity (Wildman–Crippen MR) is 112 cm³/mol. The van der Waals surface area contributed by atoms with Crippen LogP contribution in [0.25, 0.3) is 0 Å². The molecule has 1 fully saturated rings. The number of ether oxygens (including phenoxy) is 1. The number of rotatable bonds is 7. The Morgan fingerprint density at radius 3 is 2.25 bits per heavy atom. The van der Waals surface area contributed by atoms with Gasteiger partial charge in [0, 0.05) is 25.4 Å². The fraction of sp³-hybridized carbons (Fsp3) is 0.292. The van der Waals surface area contributed by atoms with E-state index in [1.165, 1.54) is 37.1 Å². The second-order valence-electron chi connectivity index (χ2n) is 7.36. The van der Waals surface area contributed by atoms with Gasteiger partial charge in [0.1, 0.15) is 11.5 Å². The molecule has 0 N–H and O–H groups in total. The monoisotopic (exact) mass is 374 g/mol. The van der Waals surface area contributed by atoms with Crippen LogP contribution in [0.15, 0.2) is 77.7 Å². The first kappa shape index (κ1) is 18.5. The summed E-state index contributed by atoms with van der Waals surface area (Å²) in [7, 11) is 0. The fourth-order valence-electron chi connectivity index (χ4n) is 3.62. The molecule has 4 nitrogen and oxygen atoms in total. The number of benzene rings is 2. The highest BCUT2D eigenvalue weighted by Crippen LogP contribution is 2.19. The first-order valence-electron chi connectivity index (χ1n) is 10.00. The van der Waals surface area contributed by atoms with Gasteiger partial charge in [0.05, 0.1) is 0 Å². The Bertz CT molecular complexity index is 942. The smallest absolute Gasteiger partial charge is 0.254 e. The van der Waals surface area contributed by atoms with E-state index in [9.17, 15) is 4.79 Å². The Morgan fingerprint density at radius 1 is 0.821 bits per heavy atom. The molecule has 1 aliphatic rings. The quantitative estimate of drug-likeness (QED) is 0.612. The Kier molecular flexibility index (Phi) is 5.88. The summed E-state index contributed by atoms with van der Waals surface area (Å²) in [6.45, 7) is 4.14. The second kappa shape index (κ2) is 8.89. The molecule has 0 bridgehead atoms. The van der Waals surface area contributed by atoms with E-state index in [1.807, 2.05) is 42.6 Å². The molecule has 1 saturated heterocycles. The summed E-state index contributed by atoms with van der Waals surface area (Å²) >= 11 is 0. The zero-order valence-electron chi connectivity index (χ0n) is 16.1. The normalized spacial score (nSPS) is 14.3. The van der Waals surface area contributed by atoms with Gasteiger partial charge in [0.25, 0.3) is 5.56 Å². The number of hydrogen-bond donors (Lipinski definition) is 0. The number of nitrogens with zero attached hydrogens (tertiary/aromatic N) is 2. The van der Waals surface area contributed by atoms with Gasteiger partial charge < -0.3 is 9.30 Å². The highest BCUT2D eigenvalue weighted by Gasteiger charge is 2.11. The third-order valence-electron chi connectivity index (χ3n) is 5.22. The first-order chi connectivity index (χ1) is 13.8. The molecule has 2 heterocycles. The highest BCUT2D eigenvalue weighted by atomic mass is 16.5. The van der Waals surface area contributed by atoms with Crippen molar-refractivity contribution in [2.45, 2.75) is 32.4 Å². The lowest BCUT2D eigenvalue weighted by Gasteiger charge is -2.14. The summed E-state index contributed by atoms with van der Waals surface area (Å²) in [5.74, 6) is 1.30. The minimum atomic E-state index is -0.0425. The predicted octanol–water partition coefficient (Wildman–Crippen LogP) is 4.48. The van der Waals surface area contributed by atoms with E-state index in [-0.39, 0.29) is 5.56 Å². The van der Waals surface area contributed by atoms with Crippen LogP contribution in [0.2, 0.25) is 0 Å². The van der Waals surface area contributed by atoms with E-state index in [1.54, 1.807) is 10.6 Å². The van der Waals surface area contributed by atoms with Crippen molar-refractivity contribution in [2.24, 2.45) is 0 Å². The lowest BCUT2D eigenvalue weighted by Crippen LogP contribution is -2.19. The lowest BCUT2D eigenvalue weighted by molar-refractivity contribution is 0.331. The summed E-state index contributed by atoms with van der Waals surface area (Å²) in [6.07, 6.45) is 5.29. The number of para-hydroxylation sites is 1. The number of hydrogen-bond acceptors (Lipinski definition) is 3. The molecule has 1 aromatic heterocycles. The summed E-state index contributed by atoms with van der Waals surface area (Å²) in [6, 6.07) is 21.7. The van der Waals surface area contributed by atoms with Crippen molar-refractivity contribution in [3.8, 4) is 11.5 Å². The Balaban J connectivity index is 1.33. The first-order valence-corrected chi connectivity index (χ1v) is 10.00. The number of pyridine rings is 1. The molecule has 0 radical (unpaired) electrons. The Morgan fingerprint density at radius 2 is 1.54 bits per heavy atom. The van der Waals surface area contributed by atoms with Crippen LogP contribution in [-0.4, -0.2) is 22.6 Å². The maximum atomic E-state index is 12.4. The van der Waals surface area contributed by atoms with E-state index < -0.39 is 0 Å². The third-order valence-corrected chi connectivity index (χ3v) is 5.22. The average molecular weight is 374 g/mol. The summed E-state index contributed by atoms with van der Waals surface area (Å²) in [4.78, 5) is 14.9. The maximum absolute atomic E-state index is 12.4. The molecular formula is C24H26N2O2. The van der Waals surface area contributed by atoms with E-state index in [0.29, 0.717) is 12.3 Å². The lowest BCUT2D eigenvalue weighted by atomic mass is 10.1. The molecule has 4 heteroatoms.